The van der Waals surface area contributed by atoms with E-state index in [2.05, 4.69) is 39.4 Å². The van der Waals surface area contributed by atoms with E-state index in [1.807, 2.05) is 11.0 Å². The number of hydrogen-bond acceptors (Lipinski definition) is 9. The van der Waals surface area contributed by atoms with Gasteiger partial charge in [0.15, 0.2) is 5.11 Å². The van der Waals surface area contributed by atoms with Crippen molar-refractivity contribution < 1.29 is 28.7 Å². The lowest BCUT2D eigenvalue weighted by Gasteiger charge is -2.35. The molecule has 0 aliphatic carbocycles. The van der Waals surface area contributed by atoms with Crippen LogP contribution in [-0.4, -0.2) is 102 Å². The number of anilines is 2. The molecule has 1 atom stereocenters. The highest BCUT2D eigenvalue weighted by Crippen LogP contribution is 2.28. The number of esters is 2. The number of benzene rings is 3. The lowest BCUT2D eigenvalue weighted by molar-refractivity contribution is -0.124. The largest absolute Gasteiger partial charge is 0.462 e. The summed E-state index contributed by atoms with van der Waals surface area (Å²) in [6.07, 6.45) is 0.642. The molecule has 2 aliphatic rings. The summed E-state index contributed by atoms with van der Waals surface area (Å²) in [5.74, 6) is -1.55. The lowest BCUT2D eigenvalue weighted by Crippen LogP contribution is -2.47. The average Bonchev–Trinajstić information content (AvgIpc) is 3.33. The minimum atomic E-state index is -0.807. The first-order valence-corrected chi connectivity index (χ1v) is 17.2. The van der Waals surface area contributed by atoms with Crippen molar-refractivity contribution >= 4 is 52.5 Å². The number of carbonyl (C=O) groups is 4. The highest BCUT2D eigenvalue weighted by atomic mass is 32.1. The third-order valence-electron chi connectivity index (χ3n) is 8.60. The van der Waals surface area contributed by atoms with Gasteiger partial charge < -0.3 is 24.6 Å². The Morgan fingerprint density at radius 2 is 1.35 bits per heavy atom. The topological polar surface area (TPSA) is 112 Å². The van der Waals surface area contributed by atoms with Gasteiger partial charge in [-0.2, -0.15) is 0 Å². The first-order valence-electron chi connectivity index (χ1n) is 16.7. The first kappa shape index (κ1) is 35.7. The van der Waals surface area contributed by atoms with Crippen LogP contribution >= 0.6 is 12.2 Å². The van der Waals surface area contributed by atoms with Crippen LogP contribution in [-0.2, 0) is 25.6 Å². The Morgan fingerprint density at radius 3 is 1.94 bits per heavy atom. The predicted molar refractivity (Wildman–Crippen MR) is 191 cm³/mol. The van der Waals surface area contributed by atoms with Gasteiger partial charge in [0.05, 0.1) is 36.4 Å². The minimum Gasteiger partial charge on any atom is -0.462 e. The van der Waals surface area contributed by atoms with Crippen LogP contribution in [0.25, 0.3) is 0 Å². The molecule has 2 aliphatic heterocycles. The molecular formula is C37H43N5O6S. The molecule has 258 valence electrons. The molecule has 0 bridgehead atoms. The molecule has 2 saturated heterocycles. The van der Waals surface area contributed by atoms with E-state index >= 15 is 0 Å². The predicted octanol–water partition coefficient (Wildman–Crippen LogP) is 4.58. The second kappa shape index (κ2) is 17.1. The van der Waals surface area contributed by atoms with Crippen LogP contribution in [0.5, 0.6) is 0 Å². The second-order valence-corrected chi connectivity index (χ2v) is 12.3. The summed E-state index contributed by atoms with van der Waals surface area (Å²) in [5, 5.41) is 3.16. The van der Waals surface area contributed by atoms with Gasteiger partial charge in [-0.25, -0.2) is 9.59 Å². The van der Waals surface area contributed by atoms with Crippen molar-refractivity contribution in [2.45, 2.75) is 39.3 Å². The van der Waals surface area contributed by atoms with Crippen molar-refractivity contribution in [3.8, 4) is 0 Å². The molecule has 2 heterocycles. The maximum absolute atomic E-state index is 13.9. The van der Waals surface area contributed by atoms with Crippen molar-refractivity contribution in [1.82, 2.24) is 14.7 Å². The molecule has 2 amide bonds. The zero-order valence-corrected chi connectivity index (χ0v) is 28.8. The van der Waals surface area contributed by atoms with E-state index in [4.69, 9.17) is 21.7 Å². The van der Waals surface area contributed by atoms with E-state index in [1.165, 1.54) is 10.5 Å². The average molecular weight is 686 g/mol. The molecule has 0 aromatic heterocycles. The van der Waals surface area contributed by atoms with Gasteiger partial charge in [-0.1, -0.05) is 30.3 Å². The fourth-order valence-electron chi connectivity index (χ4n) is 6.06. The highest BCUT2D eigenvalue weighted by Gasteiger charge is 2.44. The molecule has 0 radical (unpaired) electrons. The molecule has 3 aromatic rings. The fourth-order valence-corrected chi connectivity index (χ4v) is 6.47. The zero-order valence-electron chi connectivity index (χ0n) is 28.0. The van der Waals surface area contributed by atoms with Gasteiger partial charge in [0.2, 0.25) is 5.91 Å². The Balaban J connectivity index is 1.23. The monoisotopic (exact) mass is 685 g/mol. The van der Waals surface area contributed by atoms with Gasteiger partial charge in [0.25, 0.3) is 5.91 Å². The maximum atomic E-state index is 13.9. The van der Waals surface area contributed by atoms with Crippen LogP contribution in [0.3, 0.4) is 0 Å². The van der Waals surface area contributed by atoms with Gasteiger partial charge in [0, 0.05) is 45.0 Å². The second-order valence-electron chi connectivity index (χ2n) is 11.9. The number of piperazine rings is 1. The lowest BCUT2D eigenvalue weighted by atomic mass is 10.1. The molecule has 2 fully saturated rings. The Kier molecular flexibility index (Phi) is 12.5. The molecule has 12 heteroatoms. The molecule has 0 saturated carbocycles. The number of amides is 2. The van der Waals surface area contributed by atoms with E-state index in [0.29, 0.717) is 34.2 Å². The van der Waals surface area contributed by atoms with E-state index < -0.39 is 18.0 Å². The van der Waals surface area contributed by atoms with Gasteiger partial charge in [-0.3, -0.25) is 19.4 Å². The number of nitrogens with zero attached hydrogens (tertiary/aromatic N) is 4. The summed E-state index contributed by atoms with van der Waals surface area (Å²) in [7, 11) is 0. The Labute approximate surface area is 292 Å². The summed E-state index contributed by atoms with van der Waals surface area (Å²) in [5.41, 5.74) is 3.07. The standard InChI is InChI=1S/C37H43N5O6S/c1-3-47-35(45)28-11-15-30(16-12-28)38-33(43)25-32-34(44)42(31-17-13-29(14-18-31)36(46)48-4-2)37(49)41(32)20-8-19-39-21-23-40(24-22-39)26-27-9-6-5-7-10-27/h5-7,9-18,32H,3-4,8,19-26H2,1-2H3,(H,38,43)/t32-/m0/s1. The van der Waals surface area contributed by atoms with Crippen LogP contribution in [0, 0.1) is 0 Å². The normalized spacial score (nSPS) is 16.9. The molecule has 1 N–H and O–H groups in total. The highest BCUT2D eigenvalue weighted by molar-refractivity contribution is 7.80. The summed E-state index contributed by atoms with van der Waals surface area (Å²) in [4.78, 5) is 59.6. The molecule has 11 nitrogen and oxygen atoms in total. The van der Waals surface area contributed by atoms with Crippen molar-refractivity contribution in [3.63, 3.8) is 0 Å². The number of thiocarbonyl (C=S) groups is 1. The molecular weight excluding hydrogens is 643 g/mol. The number of hydrogen-bond donors (Lipinski definition) is 1. The van der Waals surface area contributed by atoms with Crippen LogP contribution in [0.2, 0.25) is 0 Å². The molecule has 49 heavy (non-hydrogen) atoms. The van der Waals surface area contributed by atoms with E-state index in [-0.39, 0.29) is 31.4 Å². The third kappa shape index (κ3) is 9.28. The number of rotatable bonds is 14. The van der Waals surface area contributed by atoms with E-state index in [0.717, 1.165) is 45.7 Å². The summed E-state index contributed by atoms with van der Waals surface area (Å²) >= 11 is 5.86. The first-order chi connectivity index (χ1) is 23.8. The smallest absolute Gasteiger partial charge is 0.338 e. The third-order valence-corrected chi connectivity index (χ3v) is 9.02. The molecule has 5 rings (SSSR count). The number of ether oxygens (including phenoxy) is 2. The zero-order chi connectivity index (χ0) is 34.8. The van der Waals surface area contributed by atoms with Crippen molar-refractivity contribution in [3.05, 3.63) is 95.6 Å². The SMILES string of the molecule is CCOC(=O)c1ccc(NC(=O)C[C@H]2C(=O)N(c3ccc(C(=O)OCC)cc3)C(=S)N2CCCN2CCN(Cc3ccccc3)CC2)cc1. The molecule has 0 spiro atoms. The van der Waals surface area contributed by atoms with E-state index in [1.54, 1.807) is 62.4 Å². The van der Waals surface area contributed by atoms with Crippen molar-refractivity contribution in [2.75, 3.05) is 62.7 Å². The van der Waals surface area contributed by atoms with Crippen LogP contribution in [0.1, 0.15) is 53.0 Å². The quantitative estimate of drug-likeness (QED) is 0.191. The summed E-state index contributed by atoms with van der Waals surface area (Å²) in [6.45, 7) is 10.1. The van der Waals surface area contributed by atoms with Crippen molar-refractivity contribution in [2.24, 2.45) is 0 Å². The Morgan fingerprint density at radius 1 is 0.776 bits per heavy atom. The van der Waals surface area contributed by atoms with Gasteiger partial charge in [0.1, 0.15) is 6.04 Å². The van der Waals surface area contributed by atoms with Gasteiger partial charge in [-0.05, 0) is 93.1 Å². The molecule has 0 unspecified atom stereocenters. The van der Waals surface area contributed by atoms with Gasteiger partial charge >= 0.3 is 11.9 Å². The number of nitrogens with one attached hydrogen (secondary N) is 1. The summed E-state index contributed by atoms with van der Waals surface area (Å²) < 4.78 is 10.1. The number of carbonyl (C=O) groups excluding carboxylic acids is 4. The minimum absolute atomic E-state index is 0.117. The van der Waals surface area contributed by atoms with Crippen LogP contribution in [0.15, 0.2) is 78.9 Å². The Bertz CT molecular complexity index is 1610. The fraction of sp³-hybridized carbons (Fsp3) is 0.378. The van der Waals surface area contributed by atoms with E-state index in [9.17, 15) is 19.2 Å². The van der Waals surface area contributed by atoms with Gasteiger partial charge in [-0.15, -0.1) is 0 Å². The molecule has 3 aromatic carbocycles. The van der Waals surface area contributed by atoms with Crippen LogP contribution < -0.4 is 10.2 Å². The Hall–Kier alpha value is -4.65. The summed E-state index contributed by atoms with van der Waals surface area (Å²) in [6, 6.07) is 22.6. The van der Waals surface area contributed by atoms with Crippen LogP contribution in [0.4, 0.5) is 11.4 Å². The van der Waals surface area contributed by atoms with Crippen molar-refractivity contribution in [1.29, 1.82) is 0 Å². The maximum Gasteiger partial charge on any atom is 0.338 e.